The summed E-state index contributed by atoms with van der Waals surface area (Å²) in [6.07, 6.45) is 3.38. The van der Waals surface area contributed by atoms with E-state index >= 15 is 0 Å². The van der Waals surface area contributed by atoms with Crippen molar-refractivity contribution in [2.24, 2.45) is 4.36 Å². The zero-order valence-electron chi connectivity index (χ0n) is 15.7. The van der Waals surface area contributed by atoms with Gasteiger partial charge in [0, 0.05) is 36.3 Å². The van der Waals surface area contributed by atoms with E-state index in [0.717, 1.165) is 12.1 Å². The van der Waals surface area contributed by atoms with Gasteiger partial charge in [0.1, 0.15) is 17.2 Å². The molecule has 30 heavy (non-hydrogen) atoms. The number of nitrogens with one attached hydrogen (secondary N) is 2. The number of pyridine rings is 1. The summed E-state index contributed by atoms with van der Waals surface area (Å²) in [6.45, 7) is 2.31. The number of aromatic nitrogens is 2. The maximum absolute atomic E-state index is 14.6. The Hall–Kier alpha value is -3.47. The molecular weight excluding hydrogens is 418 g/mol. The number of aryl methyl sites for hydroxylation is 1. The molecule has 0 atom stereocenters. The van der Waals surface area contributed by atoms with Gasteiger partial charge in [0.25, 0.3) is 0 Å². The first-order valence-corrected chi connectivity index (χ1v) is 9.91. The minimum Gasteiger partial charge on any atom is -0.356 e. The van der Waals surface area contributed by atoms with Crippen LogP contribution in [0.2, 0.25) is 0 Å². The third-order valence-electron chi connectivity index (χ3n) is 4.32. The second-order valence-corrected chi connectivity index (χ2v) is 6.91. The van der Waals surface area contributed by atoms with Gasteiger partial charge in [0.15, 0.2) is 5.82 Å². The summed E-state index contributed by atoms with van der Waals surface area (Å²) in [4.78, 5) is 31.5. The zero-order valence-corrected chi connectivity index (χ0v) is 16.5. The lowest BCUT2D eigenvalue weighted by atomic mass is 10.0. The number of rotatable bonds is 7. The molecule has 3 rings (SSSR count). The molecule has 0 spiro atoms. The third-order valence-corrected chi connectivity index (χ3v) is 4.66. The first-order chi connectivity index (χ1) is 14.3. The van der Waals surface area contributed by atoms with Gasteiger partial charge in [-0.05, 0) is 37.1 Å². The summed E-state index contributed by atoms with van der Waals surface area (Å²) in [5, 5.41) is 3.00. The second-order valence-electron chi connectivity index (χ2n) is 6.29. The van der Waals surface area contributed by atoms with Crippen LogP contribution in [0.25, 0.3) is 11.0 Å². The molecule has 2 heterocycles. The number of fused-ring (bicyclic) bond motifs is 1. The van der Waals surface area contributed by atoms with Crippen LogP contribution in [0.1, 0.15) is 34.8 Å². The molecule has 11 heteroatoms. The van der Waals surface area contributed by atoms with Crippen LogP contribution in [0.4, 0.5) is 14.5 Å². The van der Waals surface area contributed by atoms with Gasteiger partial charge in [0.05, 0.1) is 5.56 Å². The van der Waals surface area contributed by atoms with Crippen LogP contribution in [0.15, 0.2) is 35.0 Å². The van der Waals surface area contributed by atoms with E-state index in [1.807, 2.05) is 0 Å². The number of aromatic amines is 1. The van der Waals surface area contributed by atoms with E-state index in [-0.39, 0.29) is 17.9 Å². The number of carbonyl (C=O) groups is 2. The Bertz CT molecular complexity index is 1280. The predicted molar refractivity (Wildman–Crippen MR) is 104 cm³/mol. The van der Waals surface area contributed by atoms with Gasteiger partial charge in [-0.2, -0.15) is 8.42 Å². The summed E-state index contributed by atoms with van der Waals surface area (Å²) >= 11 is 0. The van der Waals surface area contributed by atoms with Crippen LogP contribution >= 0.6 is 0 Å². The normalized spacial score (nSPS) is 10.8. The summed E-state index contributed by atoms with van der Waals surface area (Å²) in [5.41, 5.74) is -0.657. The molecule has 1 amide bonds. The topological polar surface area (TPSA) is 121 Å². The average molecular weight is 434 g/mol. The standard InChI is InChI=1S/C19H16F2N4O4S/c1-2-22-15(26)6-3-10-7-11-12(9-24-19(11)23-8-10)18(27)16-13(20)4-5-14(17(16)21)25-30(28)29/h4-5,7-9H,2-3,6H2,1H3,(H,22,26)(H,23,24). The molecule has 0 aliphatic heterocycles. The number of nitrogens with zero attached hydrogens (tertiary/aromatic N) is 2. The number of halogens is 2. The van der Waals surface area contributed by atoms with Crippen LogP contribution in [0, 0.1) is 11.6 Å². The molecule has 0 saturated heterocycles. The molecule has 3 aromatic rings. The quantitative estimate of drug-likeness (QED) is 0.554. The van der Waals surface area contributed by atoms with Gasteiger partial charge < -0.3 is 10.3 Å². The smallest absolute Gasteiger partial charge is 0.316 e. The van der Waals surface area contributed by atoms with Crippen LogP contribution in [0.5, 0.6) is 0 Å². The van der Waals surface area contributed by atoms with Gasteiger partial charge in [0.2, 0.25) is 11.7 Å². The second kappa shape index (κ2) is 8.91. The average Bonchev–Trinajstić information content (AvgIpc) is 3.12. The lowest BCUT2D eigenvalue weighted by Gasteiger charge is -2.06. The van der Waals surface area contributed by atoms with E-state index in [2.05, 4.69) is 19.6 Å². The van der Waals surface area contributed by atoms with Gasteiger partial charge in [-0.25, -0.2) is 13.8 Å². The predicted octanol–water partition coefficient (Wildman–Crippen LogP) is 2.84. The molecule has 0 bridgehead atoms. The SMILES string of the molecule is CCNC(=O)CCc1cnc2[nH]cc(C(=O)c3c(F)ccc(N=S(=O)=O)c3F)c2c1. The number of hydrogen-bond acceptors (Lipinski definition) is 6. The zero-order chi connectivity index (χ0) is 21.8. The highest BCUT2D eigenvalue weighted by atomic mass is 32.2. The van der Waals surface area contributed by atoms with E-state index in [1.165, 1.54) is 12.4 Å². The van der Waals surface area contributed by atoms with E-state index in [0.29, 0.717) is 29.6 Å². The molecule has 2 aromatic heterocycles. The summed E-state index contributed by atoms with van der Waals surface area (Å²) < 4.78 is 53.3. The van der Waals surface area contributed by atoms with Crippen molar-refractivity contribution in [2.45, 2.75) is 19.8 Å². The number of amides is 1. The van der Waals surface area contributed by atoms with Crippen LogP contribution in [-0.2, 0) is 21.7 Å². The highest BCUT2D eigenvalue weighted by molar-refractivity contribution is 7.61. The van der Waals surface area contributed by atoms with Gasteiger partial charge in [-0.1, -0.05) is 0 Å². The van der Waals surface area contributed by atoms with Crippen molar-refractivity contribution in [3.05, 3.63) is 58.9 Å². The fourth-order valence-electron chi connectivity index (χ4n) is 2.95. The van der Waals surface area contributed by atoms with Gasteiger partial charge in [-0.3, -0.25) is 9.59 Å². The van der Waals surface area contributed by atoms with Crippen molar-refractivity contribution < 1.29 is 26.8 Å². The molecule has 2 N–H and O–H groups in total. The van der Waals surface area contributed by atoms with Crippen molar-refractivity contribution in [3.63, 3.8) is 0 Å². The van der Waals surface area contributed by atoms with Crippen LogP contribution in [0.3, 0.4) is 0 Å². The fraction of sp³-hybridized carbons (Fsp3) is 0.211. The van der Waals surface area contributed by atoms with Crippen molar-refractivity contribution in [1.29, 1.82) is 0 Å². The molecule has 0 fully saturated rings. The first kappa shape index (κ1) is 21.2. The Morgan fingerprint density at radius 2 is 2.03 bits per heavy atom. The number of ketones is 1. The Morgan fingerprint density at radius 1 is 1.27 bits per heavy atom. The van der Waals surface area contributed by atoms with E-state index in [9.17, 15) is 26.8 Å². The number of H-pyrrole nitrogens is 1. The largest absolute Gasteiger partial charge is 0.356 e. The summed E-state index contributed by atoms with van der Waals surface area (Å²) in [5.74, 6) is -3.65. The minimum atomic E-state index is -2.97. The van der Waals surface area contributed by atoms with Crippen molar-refractivity contribution in [3.8, 4) is 0 Å². The molecule has 0 unspecified atom stereocenters. The molecule has 8 nitrogen and oxygen atoms in total. The highest BCUT2D eigenvalue weighted by Gasteiger charge is 2.24. The van der Waals surface area contributed by atoms with Crippen molar-refractivity contribution in [2.75, 3.05) is 6.54 Å². The fourth-order valence-corrected chi connectivity index (χ4v) is 3.25. The maximum atomic E-state index is 14.6. The van der Waals surface area contributed by atoms with Crippen molar-refractivity contribution in [1.82, 2.24) is 15.3 Å². The Balaban J connectivity index is 2.01. The molecule has 156 valence electrons. The summed E-state index contributed by atoms with van der Waals surface area (Å²) in [7, 11) is -2.97. The first-order valence-electron chi connectivity index (χ1n) is 8.88. The molecule has 0 aliphatic rings. The number of benzene rings is 1. The molecule has 0 saturated carbocycles. The monoisotopic (exact) mass is 434 g/mol. The molecule has 1 aromatic carbocycles. The Morgan fingerprint density at radius 3 is 2.73 bits per heavy atom. The van der Waals surface area contributed by atoms with E-state index in [1.54, 1.807) is 13.0 Å². The Kier molecular flexibility index (Phi) is 6.31. The van der Waals surface area contributed by atoms with Gasteiger partial charge >= 0.3 is 10.5 Å². The minimum absolute atomic E-state index is 0.0458. The maximum Gasteiger partial charge on any atom is 0.316 e. The third kappa shape index (κ3) is 4.40. The van der Waals surface area contributed by atoms with Crippen LogP contribution < -0.4 is 5.32 Å². The van der Waals surface area contributed by atoms with Crippen LogP contribution in [-0.4, -0.2) is 36.6 Å². The number of hydrogen-bond donors (Lipinski definition) is 2. The lowest BCUT2D eigenvalue weighted by molar-refractivity contribution is -0.120. The summed E-state index contributed by atoms with van der Waals surface area (Å²) in [6, 6.07) is 3.21. The van der Waals surface area contributed by atoms with Gasteiger partial charge in [-0.15, -0.1) is 4.36 Å². The number of carbonyl (C=O) groups excluding carboxylic acids is 2. The van der Waals surface area contributed by atoms with E-state index in [4.69, 9.17) is 0 Å². The molecular formula is C19H16F2N4O4S. The lowest BCUT2D eigenvalue weighted by Crippen LogP contribution is -2.22. The Labute approximate surface area is 171 Å². The molecule has 0 radical (unpaired) electrons. The van der Waals surface area contributed by atoms with Crippen molar-refractivity contribution >= 4 is 38.9 Å². The molecule has 0 aliphatic carbocycles. The van der Waals surface area contributed by atoms with E-state index < -0.39 is 39.2 Å². The highest BCUT2D eigenvalue weighted by Crippen LogP contribution is 2.28.